The fourth-order valence-electron chi connectivity index (χ4n) is 4.61. The van der Waals surface area contributed by atoms with Crippen molar-refractivity contribution >= 4 is 61.8 Å². The van der Waals surface area contributed by atoms with E-state index in [4.69, 9.17) is 9.47 Å². The monoisotopic (exact) mass is 653 g/mol. The van der Waals surface area contributed by atoms with Crippen molar-refractivity contribution in [1.29, 1.82) is 0 Å². The average Bonchev–Trinajstić information content (AvgIpc) is 2.99. The van der Waals surface area contributed by atoms with Crippen molar-refractivity contribution in [3.05, 3.63) is 59.4 Å². The van der Waals surface area contributed by atoms with Crippen LogP contribution in [0.25, 0.3) is 10.9 Å². The summed E-state index contributed by atoms with van der Waals surface area (Å²) in [6.07, 6.45) is 4.62. The molecule has 2 amide bonds. The minimum atomic E-state index is -0.480. The Morgan fingerprint density at radius 2 is 1.79 bits per heavy atom. The van der Waals surface area contributed by atoms with Gasteiger partial charge >= 0.3 is 5.97 Å². The van der Waals surface area contributed by atoms with Crippen molar-refractivity contribution in [2.75, 3.05) is 70.2 Å². The van der Waals surface area contributed by atoms with Gasteiger partial charge in [0.05, 0.1) is 31.5 Å². The second-order valence-electron chi connectivity index (χ2n) is 9.82. The molecule has 0 bridgehead atoms. The van der Waals surface area contributed by atoms with Gasteiger partial charge in [-0.05, 0) is 44.2 Å². The van der Waals surface area contributed by atoms with Crippen molar-refractivity contribution in [1.82, 2.24) is 25.1 Å². The van der Waals surface area contributed by atoms with Crippen molar-refractivity contribution in [3.63, 3.8) is 0 Å². The van der Waals surface area contributed by atoms with Crippen LogP contribution < -0.4 is 20.7 Å². The number of ether oxygens (including phenoxy) is 2. The highest BCUT2D eigenvalue weighted by Crippen LogP contribution is 2.33. The molecule has 2 aromatic carbocycles. The topological polar surface area (TPSA) is 138 Å². The number of halogens is 1. The van der Waals surface area contributed by atoms with Gasteiger partial charge in [-0.1, -0.05) is 22.0 Å². The van der Waals surface area contributed by atoms with Gasteiger partial charge in [0.1, 0.15) is 17.9 Å². The number of nitrogens with one attached hydrogen (secondary N) is 3. The Morgan fingerprint density at radius 1 is 1.02 bits per heavy atom. The summed E-state index contributed by atoms with van der Waals surface area (Å²) in [5.41, 5.74) is 1.88. The van der Waals surface area contributed by atoms with E-state index < -0.39 is 5.91 Å². The van der Waals surface area contributed by atoms with Crippen LogP contribution in [-0.2, 0) is 19.1 Å². The predicted molar refractivity (Wildman–Crippen MR) is 168 cm³/mol. The molecular formula is C30H36BrN7O5. The molecule has 0 spiro atoms. The summed E-state index contributed by atoms with van der Waals surface area (Å²) >= 11 is 3.47. The quantitative estimate of drug-likeness (QED) is 0.143. The molecule has 4 rings (SSSR count). The molecule has 1 aliphatic heterocycles. The van der Waals surface area contributed by atoms with Gasteiger partial charge in [-0.2, -0.15) is 0 Å². The summed E-state index contributed by atoms with van der Waals surface area (Å²) in [7, 11) is 1.51. The van der Waals surface area contributed by atoms with E-state index in [-0.39, 0.29) is 11.9 Å². The lowest BCUT2D eigenvalue weighted by Crippen LogP contribution is -2.48. The number of amides is 2. The van der Waals surface area contributed by atoms with Gasteiger partial charge in [-0.15, -0.1) is 0 Å². The van der Waals surface area contributed by atoms with Crippen LogP contribution in [-0.4, -0.2) is 97.1 Å². The second kappa shape index (κ2) is 16.0. The second-order valence-corrected chi connectivity index (χ2v) is 10.7. The van der Waals surface area contributed by atoms with Crippen LogP contribution in [0.2, 0.25) is 0 Å². The number of methoxy groups -OCH3 is 1. The Labute approximate surface area is 259 Å². The predicted octanol–water partition coefficient (Wildman–Crippen LogP) is 3.33. The van der Waals surface area contributed by atoms with Gasteiger partial charge in [0, 0.05) is 66.5 Å². The molecule has 0 aliphatic carbocycles. The Kier molecular flexibility index (Phi) is 11.8. The van der Waals surface area contributed by atoms with E-state index in [2.05, 4.69) is 51.6 Å². The molecule has 0 atom stereocenters. The minimum Gasteiger partial charge on any atom is -0.494 e. The fraction of sp³-hybridized carbons (Fsp3) is 0.367. The van der Waals surface area contributed by atoms with E-state index in [9.17, 15) is 14.4 Å². The lowest BCUT2D eigenvalue weighted by molar-refractivity contribution is -0.144. The highest BCUT2D eigenvalue weighted by atomic mass is 79.9. The molecule has 0 radical (unpaired) electrons. The Hall–Kier alpha value is -4.07. The third-order valence-electron chi connectivity index (χ3n) is 6.76. The smallest absolute Gasteiger partial charge is 0.320 e. The highest BCUT2D eigenvalue weighted by molar-refractivity contribution is 9.10. The summed E-state index contributed by atoms with van der Waals surface area (Å²) in [4.78, 5) is 49.7. The van der Waals surface area contributed by atoms with Gasteiger partial charge in [-0.3, -0.25) is 19.3 Å². The molecule has 12 nitrogen and oxygen atoms in total. The van der Waals surface area contributed by atoms with E-state index in [1.54, 1.807) is 19.1 Å². The number of hydrogen-bond donors (Lipinski definition) is 3. The van der Waals surface area contributed by atoms with E-state index in [0.717, 1.165) is 49.3 Å². The average molecular weight is 655 g/mol. The molecular weight excluding hydrogens is 618 g/mol. The number of piperazine rings is 1. The molecule has 0 unspecified atom stereocenters. The number of esters is 1. The van der Waals surface area contributed by atoms with Crippen molar-refractivity contribution in [2.45, 2.75) is 13.3 Å². The van der Waals surface area contributed by atoms with Gasteiger partial charge < -0.3 is 30.3 Å². The Morgan fingerprint density at radius 3 is 2.53 bits per heavy atom. The van der Waals surface area contributed by atoms with E-state index in [1.807, 2.05) is 24.3 Å². The standard InChI is InChI=1S/C30H36BrN7O5/c1-3-43-29(41)19-38-14-12-37(13-15-38)11-5-10-32-27(39)8-9-28(40)36-25-17-23-24(18-26(25)42-2)33-20-34-30(23)35-22-7-4-6-21(31)16-22/h4,6-9,16-18,20H,3,5,10-15,19H2,1-2H3,(H,32,39)(H,36,40)(H,33,34,35)/b9-8+. The lowest BCUT2D eigenvalue weighted by atomic mass is 10.2. The maximum absolute atomic E-state index is 12.7. The number of anilines is 3. The molecule has 3 N–H and O–H groups in total. The number of nitrogens with zero attached hydrogens (tertiary/aromatic N) is 4. The van der Waals surface area contributed by atoms with Crippen LogP contribution in [0.4, 0.5) is 17.2 Å². The molecule has 2 heterocycles. The van der Waals surface area contributed by atoms with Gasteiger partial charge in [-0.25, -0.2) is 9.97 Å². The zero-order valence-electron chi connectivity index (χ0n) is 24.3. The molecule has 1 aromatic heterocycles. The van der Waals surface area contributed by atoms with Gasteiger partial charge in [0.2, 0.25) is 11.8 Å². The van der Waals surface area contributed by atoms with Crippen molar-refractivity contribution in [2.24, 2.45) is 0 Å². The van der Waals surface area contributed by atoms with Gasteiger partial charge in [0.15, 0.2) is 0 Å². The van der Waals surface area contributed by atoms with E-state index >= 15 is 0 Å². The number of carbonyl (C=O) groups excluding carboxylic acids is 3. The lowest BCUT2D eigenvalue weighted by Gasteiger charge is -2.34. The van der Waals surface area contributed by atoms with Crippen LogP contribution in [0.3, 0.4) is 0 Å². The molecule has 228 valence electrons. The van der Waals surface area contributed by atoms with E-state index in [0.29, 0.717) is 47.9 Å². The molecule has 1 aliphatic rings. The Bertz CT molecular complexity index is 1460. The zero-order valence-corrected chi connectivity index (χ0v) is 25.9. The molecule has 1 fully saturated rings. The first-order chi connectivity index (χ1) is 20.8. The zero-order chi connectivity index (χ0) is 30.6. The van der Waals surface area contributed by atoms with Gasteiger partial charge in [0.25, 0.3) is 0 Å². The number of carbonyl (C=O) groups is 3. The molecule has 13 heteroatoms. The molecule has 0 saturated carbocycles. The summed E-state index contributed by atoms with van der Waals surface area (Å²) in [5, 5.41) is 9.56. The maximum atomic E-state index is 12.7. The maximum Gasteiger partial charge on any atom is 0.320 e. The molecule has 3 aromatic rings. The largest absolute Gasteiger partial charge is 0.494 e. The van der Waals surface area contributed by atoms with Crippen molar-refractivity contribution in [3.8, 4) is 5.75 Å². The van der Waals surface area contributed by atoms with Crippen LogP contribution in [0.15, 0.2) is 59.4 Å². The number of rotatable bonds is 13. The van der Waals surface area contributed by atoms with Crippen LogP contribution in [0.5, 0.6) is 5.75 Å². The SMILES string of the molecule is CCOC(=O)CN1CCN(CCCNC(=O)/C=C/C(=O)Nc2cc3c(Nc4cccc(Br)c4)ncnc3cc2OC)CC1. The summed E-state index contributed by atoms with van der Waals surface area (Å²) in [6.45, 7) is 7.18. The molecule has 1 saturated heterocycles. The number of aromatic nitrogens is 2. The minimum absolute atomic E-state index is 0.190. The first-order valence-corrected chi connectivity index (χ1v) is 14.9. The first-order valence-electron chi connectivity index (χ1n) is 14.1. The third kappa shape index (κ3) is 9.73. The number of hydrogen-bond acceptors (Lipinski definition) is 10. The molecule has 43 heavy (non-hydrogen) atoms. The fourth-order valence-corrected chi connectivity index (χ4v) is 5.01. The third-order valence-corrected chi connectivity index (χ3v) is 7.25. The first kappa shape index (κ1) is 31.9. The summed E-state index contributed by atoms with van der Waals surface area (Å²) in [5.74, 6) is -0.0341. The van der Waals surface area contributed by atoms with Crippen LogP contribution >= 0.6 is 15.9 Å². The normalized spacial score (nSPS) is 14.0. The van der Waals surface area contributed by atoms with Crippen LogP contribution in [0.1, 0.15) is 13.3 Å². The van der Waals surface area contributed by atoms with Crippen LogP contribution in [0, 0.1) is 0 Å². The number of fused-ring (bicyclic) bond motifs is 1. The summed E-state index contributed by atoms with van der Waals surface area (Å²) in [6, 6.07) is 11.1. The highest BCUT2D eigenvalue weighted by Gasteiger charge is 2.19. The number of benzene rings is 2. The Balaban J connectivity index is 1.25. The van der Waals surface area contributed by atoms with E-state index in [1.165, 1.54) is 25.6 Å². The van der Waals surface area contributed by atoms with Crippen molar-refractivity contribution < 1.29 is 23.9 Å². The summed E-state index contributed by atoms with van der Waals surface area (Å²) < 4.78 is 11.4.